The predicted octanol–water partition coefficient (Wildman–Crippen LogP) is 1.72. The van der Waals surface area contributed by atoms with Gasteiger partial charge in [-0.25, -0.2) is 4.98 Å². The number of nitrogens with zero attached hydrogens (tertiary/aromatic N) is 4. The summed E-state index contributed by atoms with van der Waals surface area (Å²) in [5.41, 5.74) is 14.9. The van der Waals surface area contributed by atoms with Gasteiger partial charge in [0.1, 0.15) is 0 Å². The van der Waals surface area contributed by atoms with Crippen molar-refractivity contribution in [1.82, 2.24) is 4.98 Å². The monoisotopic (exact) mass is 217 g/mol. The molecule has 0 aliphatic rings. The van der Waals surface area contributed by atoms with Crippen LogP contribution in [0, 0.1) is 11.8 Å². The molecule has 0 atom stereocenters. The average molecular weight is 217 g/mol. The van der Waals surface area contributed by atoms with Crippen molar-refractivity contribution in [1.29, 1.82) is 0 Å². The maximum absolute atomic E-state index is 8.05. The zero-order valence-electron chi connectivity index (χ0n) is 8.84. The molecule has 0 spiro atoms. The number of hydrogen-bond acceptors (Lipinski definition) is 4. The SMILES string of the molecule is COc1ncc(C#CCCN=[N+]=[N-])cc1N. The molecule has 0 bridgehead atoms. The lowest BCUT2D eigenvalue weighted by Gasteiger charge is -2.01. The van der Waals surface area contributed by atoms with Crippen LogP contribution < -0.4 is 10.5 Å². The van der Waals surface area contributed by atoms with Gasteiger partial charge in [0.2, 0.25) is 5.88 Å². The lowest BCUT2D eigenvalue weighted by molar-refractivity contribution is 0.400. The van der Waals surface area contributed by atoms with E-state index in [-0.39, 0.29) is 0 Å². The third-order valence-electron chi connectivity index (χ3n) is 1.70. The van der Waals surface area contributed by atoms with Crippen molar-refractivity contribution >= 4 is 5.69 Å². The largest absolute Gasteiger partial charge is 0.480 e. The van der Waals surface area contributed by atoms with Crippen molar-refractivity contribution < 1.29 is 4.74 Å². The molecule has 0 aromatic carbocycles. The first-order valence-corrected chi connectivity index (χ1v) is 4.57. The van der Waals surface area contributed by atoms with Crippen molar-refractivity contribution in [2.45, 2.75) is 6.42 Å². The number of hydrogen-bond donors (Lipinski definition) is 1. The number of nitrogens with two attached hydrogens (primary N) is 1. The maximum atomic E-state index is 8.05. The van der Waals surface area contributed by atoms with Crippen LogP contribution in [0.5, 0.6) is 5.88 Å². The summed E-state index contributed by atoms with van der Waals surface area (Å²) in [7, 11) is 1.50. The standard InChI is InChI=1S/C10H11N5O/c1-16-10-9(11)6-8(7-13-10)4-2-3-5-14-15-12/h6-7H,3,5,11H2,1H3. The molecule has 0 saturated carbocycles. The molecule has 1 aromatic rings. The van der Waals surface area contributed by atoms with Crippen LogP contribution in [-0.4, -0.2) is 18.6 Å². The average Bonchev–Trinajstić information content (AvgIpc) is 2.29. The van der Waals surface area contributed by atoms with Crippen LogP contribution in [0.25, 0.3) is 10.4 Å². The minimum atomic E-state index is 0.364. The van der Waals surface area contributed by atoms with E-state index in [1.165, 1.54) is 7.11 Å². The molecule has 0 aliphatic carbocycles. The Hall–Kier alpha value is -2.38. The van der Waals surface area contributed by atoms with Gasteiger partial charge in [0.05, 0.1) is 12.8 Å². The molecule has 0 fully saturated rings. The summed E-state index contributed by atoms with van der Waals surface area (Å²) in [5, 5.41) is 3.37. The lowest BCUT2D eigenvalue weighted by atomic mass is 10.2. The molecule has 0 saturated heterocycles. The van der Waals surface area contributed by atoms with Crippen molar-refractivity contribution in [3.63, 3.8) is 0 Å². The fraction of sp³-hybridized carbons (Fsp3) is 0.300. The Labute approximate surface area is 93.1 Å². The summed E-state index contributed by atoms with van der Waals surface area (Å²) in [5.74, 6) is 6.10. The van der Waals surface area contributed by atoms with Gasteiger partial charge >= 0.3 is 0 Å². The first-order valence-electron chi connectivity index (χ1n) is 4.57. The summed E-state index contributed by atoms with van der Waals surface area (Å²) >= 11 is 0. The molecule has 1 aromatic heterocycles. The molecular weight excluding hydrogens is 206 g/mol. The Kier molecular flexibility index (Phi) is 4.51. The quantitative estimate of drug-likeness (QED) is 0.274. The zero-order valence-corrected chi connectivity index (χ0v) is 8.84. The first kappa shape index (κ1) is 11.7. The summed E-state index contributed by atoms with van der Waals surface area (Å²) < 4.78 is 4.92. The number of aromatic nitrogens is 1. The van der Waals surface area contributed by atoms with E-state index >= 15 is 0 Å². The first-order chi connectivity index (χ1) is 7.77. The van der Waals surface area contributed by atoms with Gasteiger partial charge in [-0.3, -0.25) is 0 Å². The molecule has 0 amide bonds. The second kappa shape index (κ2) is 6.17. The molecule has 0 unspecified atom stereocenters. The normalized spacial score (nSPS) is 8.56. The van der Waals surface area contributed by atoms with Gasteiger partial charge in [-0.05, 0) is 11.6 Å². The highest BCUT2D eigenvalue weighted by Crippen LogP contribution is 2.17. The van der Waals surface area contributed by atoms with E-state index < -0.39 is 0 Å². The van der Waals surface area contributed by atoms with Crippen LogP contribution in [0.15, 0.2) is 17.4 Å². The third kappa shape index (κ3) is 3.40. The molecule has 1 rings (SSSR count). The molecule has 6 heteroatoms. The number of nitrogen functional groups attached to an aromatic ring is 1. The second-order valence-corrected chi connectivity index (χ2v) is 2.83. The minimum absolute atomic E-state index is 0.364. The molecule has 2 N–H and O–H groups in total. The zero-order chi connectivity index (χ0) is 11.8. The number of pyridine rings is 1. The van der Waals surface area contributed by atoms with Crippen molar-refractivity contribution in [2.75, 3.05) is 19.4 Å². The van der Waals surface area contributed by atoms with Crippen molar-refractivity contribution in [2.24, 2.45) is 5.11 Å². The van der Waals surface area contributed by atoms with E-state index in [1.54, 1.807) is 12.3 Å². The van der Waals surface area contributed by atoms with Gasteiger partial charge < -0.3 is 10.5 Å². The van der Waals surface area contributed by atoms with Crippen LogP contribution in [0.3, 0.4) is 0 Å². The molecule has 16 heavy (non-hydrogen) atoms. The Morgan fingerprint density at radius 2 is 2.50 bits per heavy atom. The second-order valence-electron chi connectivity index (χ2n) is 2.83. The molecular formula is C10H11N5O. The van der Waals surface area contributed by atoms with Gasteiger partial charge in [0.25, 0.3) is 0 Å². The van der Waals surface area contributed by atoms with Crippen molar-refractivity contribution in [3.05, 3.63) is 28.3 Å². The van der Waals surface area contributed by atoms with Crippen LogP contribution in [0.4, 0.5) is 5.69 Å². The Morgan fingerprint density at radius 1 is 1.69 bits per heavy atom. The molecule has 1 heterocycles. The van der Waals surface area contributed by atoms with E-state index in [9.17, 15) is 0 Å². The topological polar surface area (TPSA) is 96.9 Å². The number of anilines is 1. The fourth-order valence-electron chi connectivity index (χ4n) is 1.02. The highest BCUT2D eigenvalue weighted by molar-refractivity contribution is 5.52. The van der Waals surface area contributed by atoms with E-state index in [0.717, 1.165) is 0 Å². The fourth-order valence-corrected chi connectivity index (χ4v) is 1.02. The number of rotatable bonds is 3. The van der Waals surface area contributed by atoms with Gasteiger partial charge in [0, 0.05) is 29.6 Å². The molecule has 6 nitrogen and oxygen atoms in total. The Morgan fingerprint density at radius 3 is 3.12 bits per heavy atom. The summed E-state index contributed by atoms with van der Waals surface area (Å²) in [4.78, 5) is 6.61. The van der Waals surface area contributed by atoms with Crippen LogP contribution >= 0.6 is 0 Å². The van der Waals surface area contributed by atoms with Gasteiger partial charge in [-0.1, -0.05) is 17.0 Å². The predicted molar refractivity (Wildman–Crippen MR) is 60.7 cm³/mol. The van der Waals surface area contributed by atoms with Gasteiger partial charge in [-0.15, -0.1) is 0 Å². The third-order valence-corrected chi connectivity index (χ3v) is 1.70. The van der Waals surface area contributed by atoms with Crippen molar-refractivity contribution in [3.8, 4) is 17.7 Å². The molecule has 0 aliphatic heterocycles. The molecule has 0 radical (unpaired) electrons. The van der Waals surface area contributed by atoms with Crippen LogP contribution in [-0.2, 0) is 0 Å². The summed E-state index contributed by atoms with van der Waals surface area (Å²) in [6, 6.07) is 1.69. The summed E-state index contributed by atoms with van der Waals surface area (Å²) in [6.45, 7) is 0.364. The van der Waals surface area contributed by atoms with Crippen LogP contribution in [0.2, 0.25) is 0 Å². The van der Waals surface area contributed by atoms with Gasteiger partial charge in [-0.2, -0.15) is 0 Å². The van der Waals surface area contributed by atoms with E-state index in [0.29, 0.717) is 30.1 Å². The van der Waals surface area contributed by atoms with E-state index in [2.05, 4.69) is 26.9 Å². The highest BCUT2D eigenvalue weighted by atomic mass is 16.5. The minimum Gasteiger partial charge on any atom is -0.480 e. The van der Waals surface area contributed by atoms with E-state index in [4.69, 9.17) is 16.0 Å². The van der Waals surface area contributed by atoms with E-state index in [1.807, 2.05) is 0 Å². The smallest absolute Gasteiger partial charge is 0.236 e. The summed E-state index contributed by atoms with van der Waals surface area (Å²) in [6.07, 6.45) is 2.09. The molecule has 82 valence electrons. The maximum Gasteiger partial charge on any atom is 0.236 e. The van der Waals surface area contributed by atoms with Gasteiger partial charge in [0.15, 0.2) is 0 Å². The number of azide groups is 1. The Balaban J connectivity index is 2.67. The van der Waals surface area contributed by atoms with Crippen LogP contribution in [0.1, 0.15) is 12.0 Å². The highest BCUT2D eigenvalue weighted by Gasteiger charge is 1.99. The lowest BCUT2D eigenvalue weighted by Crippen LogP contribution is -1.95. The Bertz CT molecular complexity index is 468. The number of ether oxygens (including phenoxy) is 1. The number of methoxy groups -OCH3 is 1.